The molecule has 28 heavy (non-hydrogen) atoms. The highest BCUT2D eigenvalue weighted by Crippen LogP contribution is 2.38. The van der Waals surface area contributed by atoms with Gasteiger partial charge in [0.05, 0.1) is 18.8 Å². The summed E-state index contributed by atoms with van der Waals surface area (Å²) >= 11 is 0. The smallest absolute Gasteiger partial charge is 0.394 e. The summed E-state index contributed by atoms with van der Waals surface area (Å²) in [6.45, 7) is 1.77. The Morgan fingerprint density at radius 1 is 0.964 bits per heavy atom. The first kappa shape index (κ1) is 25.3. The number of nitrogens with zero attached hydrogens (tertiary/aromatic N) is 1. The molecule has 162 valence electrons. The van der Waals surface area contributed by atoms with Crippen molar-refractivity contribution >= 4 is 7.82 Å². The third-order valence-corrected chi connectivity index (χ3v) is 5.93. The molecule has 3 N–H and O–H groups in total. The number of likely N-dealkylation sites (N-methyl/N-ethyl adjacent to an activating group) is 1. The van der Waals surface area contributed by atoms with Gasteiger partial charge in [-0.25, -0.2) is 4.57 Å². The average Bonchev–Trinajstić information content (AvgIpc) is 2.65. The van der Waals surface area contributed by atoms with Crippen LogP contribution < -0.4 is 0 Å². The van der Waals surface area contributed by atoms with Crippen molar-refractivity contribution in [3.63, 3.8) is 0 Å². The van der Waals surface area contributed by atoms with Gasteiger partial charge in [0.2, 0.25) is 0 Å². The summed E-state index contributed by atoms with van der Waals surface area (Å²) in [6, 6.07) is 8.52. The molecule has 0 bridgehead atoms. The van der Waals surface area contributed by atoms with Crippen LogP contribution >= 0.6 is 7.82 Å². The Morgan fingerprint density at radius 3 is 2.00 bits per heavy atom. The van der Waals surface area contributed by atoms with Crippen molar-refractivity contribution in [2.24, 2.45) is 0 Å². The van der Waals surface area contributed by atoms with Crippen LogP contribution in [0, 0.1) is 0 Å². The Balaban J connectivity index is 2.53. The van der Waals surface area contributed by atoms with Gasteiger partial charge in [-0.05, 0) is 50.9 Å². The molecular weight excluding hydrogens is 377 g/mol. The molecule has 1 atom stereocenters. The number of hydrogen-bond acceptors (Lipinski definition) is 4. The summed E-state index contributed by atoms with van der Waals surface area (Å²) in [7, 11) is -1.01. The van der Waals surface area contributed by atoms with Crippen LogP contribution in [0.3, 0.4) is 0 Å². The van der Waals surface area contributed by atoms with Crippen molar-refractivity contribution < 1.29 is 24.0 Å². The van der Waals surface area contributed by atoms with Gasteiger partial charge in [0.25, 0.3) is 0 Å². The maximum absolute atomic E-state index is 11.1. The van der Waals surface area contributed by atoms with Gasteiger partial charge in [-0.3, -0.25) is 9.42 Å². The predicted molar refractivity (Wildman–Crippen MR) is 113 cm³/mol. The molecule has 0 aliphatic carbocycles. The van der Waals surface area contributed by atoms with Crippen molar-refractivity contribution in [3.8, 4) is 0 Å². The van der Waals surface area contributed by atoms with Crippen molar-refractivity contribution in [2.45, 2.75) is 70.3 Å². The summed E-state index contributed by atoms with van der Waals surface area (Å²) in [5.41, 5.74) is 1.64. The fourth-order valence-corrected chi connectivity index (χ4v) is 3.66. The van der Waals surface area contributed by atoms with Gasteiger partial charge in [-0.1, -0.05) is 63.3 Å². The van der Waals surface area contributed by atoms with Crippen LogP contribution in [0.25, 0.3) is 0 Å². The molecule has 0 heterocycles. The SMILES string of the molecule is CCCCCCCCc1ccc(CCC(CO)(COP(=O)(O)O)N(C)C)cc1. The van der Waals surface area contributed by atoms with E-state index < -0.39 is 13.4 Å². The molecule has 1 aromatic rings. The maximum atomic E-state index is 11.1. The molecule has 1 unspecified atom stereocenters. The molecule has 0 aromatic heterocycles. The fourth-order valence-electron chi connectivity index (χ4n) is 3.25. The number of aliphatic hydroxyl groups is 1. The number of phosphoric acid groups is 1. The number of aliphatic hydroxyl groups excluding tert-OH is 1. The third kappa shape index (κ3) is 9.64. The molecule has 0 amide bonds. The van der Waals surface area contributed by atoms with Crippen molar-refractivity contribution in [1.29, 1.82) is 0 Å². The second-order valence-electron chi connectivity index (χ2n) is 7.88. The van der Waals surface area contributed by atoms with E-state index in [4.69, 9.17) is 14.3 Å². The monoisotopic (exact) mass is 415 g/mol. The summed E-state index contributed by atoms with van der Waals surface area (Å²) in [4.78, 5) is 19.8. The minimum absolute atomic E-state index is 0.225. The molecule has 0 saturated carbocycles. The van der Waals surface area contributed by atoms with Crippen LogP contribution in [-0.4, -0.2) is 52.6 Å². The third-order valence-electron chi connectivity index (χ3n) is 5.47. The first-order valence-corrected chi connectivity index (χ1v) is 11.8. The number of rotatable bonds is 15. The number of benzene rings is 1. The highest BCUT2D eigenvalue weighted by molar-refractivity contribution is 7.46. The highest BCUT2D eigenvalue weighted by Gasteiger charge is 2.34. The second kappa shape index (κ2) is 12.7. The van der Waals surface area contributed by atoms with Crippen molar-refractivity contribution in [3.05, 3.63) is 35.4 Å². The van der Waals surface area contributed by atoms with Crippen LogP contribution in [0.2, 0.25) is 0 Å². The van der Waals surface area contributed by atoms with Gasteiger partial charge in [-0.15, -0.1) is 0 Å². The number of unbranched alkanes of at least 4 members (excludes halogenated alkanes) is 5. The average molecular weight is 416 g/mol. The zero-order chi connectivity index (χ0) is 21.0. The van der Waals surface area contributed by atoms with Gasteiger partial charge < -0.3 is 14.9 Å². The second-order valence-corrected chi connectivity index (χ2v) is 9.11. The molecular formula is C21H38NO5P. The summed E-state index contributed by atoms with van der Waals surface area (Å²) in [5.74, 6) is 0. The lowest BCUT2D eigenvalue weighted by molar-refractivity contribution is 0.00984. The van der Waals surface area contributed by atoms with Gasteiger partial charge in [0.15, 0.2) is 0 Å². The summed E-state index contributed by atoms with van der Waals surface area (Å²) < 4.78 is 15.8. The largest absolute Gasteiger partial charge is 0.469 e. The van der Waals surface area contributed by atoms with Crippen LogP contribution in [0.4, 0.5) is 0 Å². The zero-order valence-corrected chi connectivity index (χ0v) is 18.5. The van der Waals surface area contributed by atoms with Gasteiger partial charge in [0.1, 0.15) is 0 Å². The van der Waals surface area contributed by atoms with E-state index in [1.54, 1.807) is 19.0 Å². The van der Waals surface area contributed by atoms with E-state index in [0.717, 1.165) is 12.0 Å². The Labute approximate surface area is 170 Å². The Bertz CT molecular complexity index is 587. The number of hydrogen-bond donors (Lipinski definition) is 3. The molecule has 1 rings (SSSR count). The topological polar surface area (TPSA) is 90.2 Å². The first-order chi connectivity index (χ1) is 13.2. The van der Waals surface area contributed by atoms with E-state index in [0.29, 0.717) is 12.8 Å². The Hall–Kier alpha value is -0.750. The van der Waals surface area contributed by atoms with Crippen molar-refractivity contribution in [2.75, 3.05) is 27.3 Å². The minimum atomic E-state index is -4.58. The van der Waals surface area contributed by atoms with Crippen LogP contribution in [0.1, 0.15) is 63.0 Å². The van der Waals surface area contributed by atoms with Crippen LogP contribution in [-0.2, 0) is 21.9 Å². The van der Waals surface area contributed by atoms with Gasteiger partial charge in [-0.2, -0.15) is 0 Å². The zero-order valence-electron chi connectivity index (χ0n) is 17.6. The van der Waals surface area contributed by atoms with E-state index in [1.165, 1.54) is 44.1 Å². The summed E-state index contributed by atoms with van der Waals surface area (Å²) in [6.07, 6.45) is 10.1. The Morgan fingerprint density at radius 2 is 1.50 bits per heavy atom. The minimum Gasteiger partial charge on any atom is -0.394 e. The maximum Gasteiger partial charge on any atom is 0.469 e. The van der Waals surface area contributed by atoms with Gasteiger partial charge in [0, 0.05) is 0 Å². The van der Waals surface area contributed by atoms with E-state index in [9.17, 15) is 9.67 Å². The molecule has 7 heteroatoms. The van der Waals surface area contributed by atoms with E-state index in [1.807, 2.05) is 0 Å². The van der Waals surface area contributed by atoms with Crippen LogP contribution in [0.5, 0.6) is 0 Å². The summed E-state index contributed by atoms with van der Waals surface area (Å²) in [5, 5.41) is 9.87. The molecule has 0 radical (unpaired) electrons. The quantitative estimate of drug-likeness (QED) is 0.297. The number of phosphoric ester groups is 1. The van der Waals surface area contributed by atoms with E-state index >= 15 is 0 Å². The first-order valence-electron chi connectivity index (χ1n) is 10.3. The molecule has 0 aliphatic heterocycles. The lowest BCUT2D eigenvalue weighted by Gasteiger charge is -2.38. The molecule has 0 saturated heterocycles. The standard InChI is InChI=1S/C21H38NO5P/c1-4-5-6-7-8-9-10-19-11-13-20(14-12-19)15-16-21(17-23,22(2)3)18-27-28(24,25)26/h11-14,23H,4-10,15-18H2,1-3H3,(H2,24,25,26). The van der Waals surface area contributed by atoms with Crippen LogP contribution in [0.15, 0.2) is 24.3 Å². The molecule has 0 aliphatic rings. The predicted octanol–water partition coefficient (Wildman–Crippen LogP) is 3.92. The Kier molecular flexibility index (Phi) is 11.5. The van der Waals surface area contributed by atoms with E-state index in [-0.39, 0.29) is 13.2 Å². The highest BCUT2D eigenvalue weighted by atomic mass is 31.2. The molecule has 0 fully saturated rings. The normalized spacial score (nSPS) is 14.4. The van der Waals surface area contributed by atoms with E-state index in [2.05, 4.69) is 31.2 Å². The molecule has 1 aromatic carbocycles. The molecule has 6 nitrogen and oxygen atoms in total. The fraction of sp³-hybridized carbons (Fsp3) is 0.714. The van der Waals surface area contributed by atoms with Gasteiger partial charge >= 0.3 is 7.82 Å². The molecule has 0 spiro atoms. The number of aryl methyl sites for hydroxylation is 2. The van der Waals surface area contributed by atoms with Crippen molar-refractivity contribution in [1.82, 2.24) is 4.90 Å². The lowest BCUT2D eigenvalue weighted by atomic mass is 9.91. The lowest BCUT2D eigenvalue weighted by Crippen LogP contribution is -2.51.